The van der Waals surface area contributed by atoms with Crippen molar-refractivity contribution in [2.45, 2.75) is 31.8 Å². The zero-order valence-electron chi connectivity index (χ0n) is 15.1. The van der Waals surface area contributed by atoms with E-state index in [1.807, 2.05) is 6.26 Å². The zero-order chi connectivity index (χ0) is 18.2. The summed E-state index contributed by atoms with van der Waals surface area (Å²) in [5.74, 6) is 0.765. The molecule has 0 aromatic heterocycles. The average molecular weight is 420 g/mol. The molecule has 1 aliphatic heterocycles. The largest absolute Gasteiger partial charge is 0.350 e. The Bertz CT molecular complexity index is 604. The second kappa shape index (κ2) is 11.7. The topological polar surface area (TPSA) is 70.2 Å². The van der Waals surface area contributed by atoms with E-state index in [1.165, 1.54) is 0 Å². The first-order valence-corrected chi connectivity index (χ1v) is 10.4. The van der Waals surface area contributed by atoms with Crippen LogP contribution in [0.3, 0.4) is 0 Å². The van der Waals surface area contributed by atoms with Crippen molar-refractivity contribution in [1.29, 1.82) is 0 Å². The number of carbonyl (C=O) groups excluding carboxylic acids is 2. The van der Waals surface area contributed by atoms with Crippen molar-refractivity contribution in [3.63, 3.8) is 0 Å². The highest BCUT2D eigenvalue weighted by molar-refractivity contribution is 7.98. The van der Waals surface area contributed by atoms with E-state index in [2.05, 4.69) is 22.9 Å². The number of benzene rings is 1. The van der Waals surface area contributed by atoms with Crippen LogP contribution >= 0.6 is 35.8 Å². The number of hydrogen-bond donors (Lipinski definition) is 3. The van der Waals surface area contributed by atoms with Gasteiger partial charge in [-0.15, -0.1) is 12.4 Å². The minimum atomic E-state index is -0.564. The van der Waals surface area contributed by atoms with Crippen LogP contribution in [0.5, 0.6) is 0 Å². The molecule has 2 rings (SSSR count). The summed E-state index contributed by atoms with van der Waals surface area (Å²) < 4.78 is 0. The van der Waals surface area contributed by atoms with E-state index in [1.54, 1.807) is 36.0 Å². The van der Waals surface area contributed by atoms with Gasteiger partial charge in [0.2, 0.25) is 5.91 Å². The molecule has 1 aliphatic rings. The quantitative estimate of drug-likeness (QED) is 0.635. The van der Waals surface area contributed by atoms with E-state index in [9.17, 15) is 9.59 Å². The van der Waals surface area contributed by atoms with Gasteiger partial charge in [0.1, 0.15) is 6.04 Å². The third-order valence-corrected chi connectivity index (χ3v) is 5.48. The van der Waals surface area contributed by atoms with Crippen LogP contribution in [0, 0.1) is 5.92 Å². The molecule has 26 heavy (non-hydrogen) atoms. The summed E-state index contributed by atoms with van der Waals surface area (Å²) in [6, 6.07) is 6.39. The van der Waals surface area contributed by atoms with Gasteiger partial charge in [-0.3, -0.25) is 9.59 Å². The van der Waals surface area contributed by atoms with Crippen LogP contribution in [0.2, 0.25) is 5.02 Å². The lowest BCUT2D eigenvalue weighted by atomic mass is 9.94. The van der Waals surface area contributed by atoms with Crippen molar-refractivity contribution < 1.29 is 9.59 Å². The van der Waals surface area contributed by atoms with Crippen LogP contribution in [0.15, 0.2) is 24.3 Å². The molecular formula is C18H27Cl2N3O2S. The molecule has 3 N–H and O–H groups in total. The van der Waals surface area contributed by atoms with Crippen LogP contribution in [0.25, 0.3) is 0 Å². The van der Waals surface area contributed by atoms with Crippen LogP contribution in [0.4, 0.5) is 0 Å². The predicted octanol–water partition coefficient (Wildman–Crippen LogP) is 2.73. The fraction of sp³-hybridized carbons (Fsp3) is 0.556. The third kappa shape index (κ3) is 6.65. The number of halogens is 2. The summed E-state index contributed by atoms with van der Waals surface area (Å²) in [5.41, 5.74) is 0.388. The van der Waals surface area contributed by atoms with E-state index in [-0.39, 0.29) is 30.3 Å². The normalized spacial score (nSPS) is 20.6. The number of piperidine rings is 1. The van der Waals surface area contributed by atoms with Crippen molar-refractivity contribution in [3.8, 4) is 0 Å². The number of nitrogens with one attached hydrogen (secondary N) is 3. The highest BCUT2D eigenvalue weighted by Crippen LogP contribution is 2.16. The minimum absolute atomic E-state index is 0. The van der Waals surface area contributed by atoms with Gasteiger partial charge in [0, 0.05) is 12.6 Å². The summed E-state index contributed by atoms with van der Waals surface area (Å²) in [6.07, 6.45) is 3.60. The van der Waals surface area contributed by atoms with E-state index < -0.39 is 6.04 Å². The molecule has 146 valence electrons. The van der Waals surface area contributed by atoms with Gasteiger partial charge in [0.15, 0.2) is 0 Å². The lowest BCUT2D eigenvalue weighted by Gasteiger charge is -2.31. The van der Waals surface area contributed by atoms with Gasteiger partial charge in [0.05, 0.1) is 10.6 Å². The van der Waals surface area contributed by atoms with Gasteiger partial charge in [-0.05, 0) is 49.4 Å². The van der Waals surface area contributed by atoms with Crippen LogP contribution in [-0.4, -0.2) is 49.0 Å². The molecule has 5 nitrogen and oxygen atoms in total. The molecule has 3 unspecified atom stereocenters. The van der Waals surface area contributed by atoms with Crippen molar-refractivity contribution in [2.75, 3.05) is 25.1 Å². The molecule has 1 saturated heterocycles. The maximum atomic E-state index is 12.7. The standard InChI is InChI=1S/C18H26ClN3O2S.ClH/c1-12-7-9-20-11-16(12)22-18(24)15(8-10-25-2)21-17(23)13-5-3-4-6-14(13)19;/h3-6,12,15-16,20H,7-11H2,1-2H3,(H,21,23)(H,22,24);1H. The molecule has 1 fully saturated rings. The smallest absolute Gasteiger partial charge is 0.253 e. The van der Waals surface area contributed by atoms with E-state index >= 15 is 0 Å². The maximum Gasteiger partial charge on any atom is 0.253 e. The van der Waals surface area contributed by atoms with Crippen LogP contribution < -0.4 is 16.0 Å². The average Bonchev–Trinajstić information content (AvgIpc) is 2.60. The van der Waals surface area contributed by atoms with Gasteiger partial charge in [0.25, 0.3) is 5.91 Å². The van der Waals surface area contributed by atoms with Crippen molar-refractivity contribution in [1.82, 2.24) is 16.0 Å². The van der Waals surface area contributed by atoms with Crippen LogP contribution in [0.1, 0.15) is 30.1 Å². The second-order valence-electron chi connectivity index (χ2n) is 6.37. The van der Waals surface area contributed by atoms with Gasteiger partial charge in [-0.2, -0.15) is 11.8 Å². The first-order valence-electron chi connectivity index (χ1n) is 8.58. The maximum absolute atomic E-state index is 12.7. The van der Waals surface area contributed by atoms with Gasteiger partial charge >= 0.3 is 0 Å². The van der Waals surface area contributed by atoms with Gasteiger partial charge in [-0.25, -0.2) is 0 Å². The fourth-order valence-corrected chi connectivity index (χ4v) is 3.55. The summed E-state index contributed by atoms with van der Waals surface area (Å²) in [7, 11) is 0. The Morgan fingerprint density at radius 3 is 2.77 bits per heavy atom. The molecule has 0 aliphatic carbocycles. The SMILES string of the molecule is CSCCC(NC(=O)c1ccccc1Cl)C(=O)NC1CNCCC1C.Cl. The fourth-order valence-electron chi connectivity index (χ4n) is 2.85. The number of hydrogen-bond acceptors (Lipinski definition) is 4. The molecule has 0 radical (unpaired) electrons. The first kappa shape index (κ1) is 23.1. The van der Waals surface area contributed by atoms with Gasteiger partial charge < -0.3 is 16.0 Å². The number of thioether (sulfide) groups is 1. The molecule has 0 spiro atoms. The minimum Gasteiger partial charge on any atom is -0.350 e. The third-order valence-electron chi connectivity index (χ3n) is 4.51. The summed E-state index contributed by atoms with van der Waals surface area (Å²) >= 11 is 7.74. The molecule has 8 heteroatoms. The van der Waals surface area contributed by atoms with Crippen molar-refractivity contribution >= 4 is 47.6 Å². The molecule has 0 bridgehead atoms. The van der Waals surface area contributed by atoms with E-state index in [0.717, 1.165) is 25.3 Å². The first-order chi connectivity index (χ1) is 12.0. The lowest BCUT2D eigenvalue weighted by molar-refractivity contribution is -0.124. The summed E-state index contributed by atoms with van der Waals surface area (Å²) in [6.45, 7) is 3.89. The monoisotopic (exact) mass is 419 g/mol. The molecule has 2 amide bonds. The summed E-state index contributed by atoms with van der Waals surface area (Å²) in [5, 5.41) is 9.62. The van der Waals surface area contributed by atoms with Crippen molar-refractivity contribution in [3.05, 3.63) is 34.9 Å². The molecule has 1 heterocycles. The summed E-state index contributed by atoms with van der Waals surface area (Å²) in [4.78, 5) is 25.2. The Morgan fingerprint density at radius 1 is 1.38 bits per heavy atom. The van der Waals surface area contributed by atoms with Crippen molar-refractivity contribution in [2.24, 2.45) is 5.92 Å². The Balaban J connectivity index is 0.00000338. The molecule has 1 aromatic rings. The Labute approximate surface area is 170 Å². The molecule has 3 atom stereocenters. The zero-order valence-corrected chi connectivity index (χ0v) is 17.5. The Morgan fingerprint density at radius 2 is 2.12 bits per heavy atom. The number of amides is 2. The predicted molar refractivity (Wildman–Crippen MR) is 112 cm³/mol. The Hall–Kier alpha value is -0.950. The highest BCUT2D eigenvalue weighted by Gasteiger charge is 2.27. The van der Waals surface area contributed by atoms with Gasteiger partial charge in [-0.1, -0.05) is 30.7 Å². The number of carbonyl (C=O) groups is 2. The highest BCUT2D eigenvalue weighted by atomic mass is 35.5. The van der Waals surface area contributed by atoms with E-state index in [4.69, 9.17) is 11.6 Å². The molecule has 1 aromatic carbocycles. The molecule has 0 saturated carbocycles. The number of rotatable bonds is 7. The van der Waals surface area contributed by atoms with E-state index in [0.29, 0.717) is 22.9 Å². The second-order valence-corrected chi connectivity index (χ2v) is 7.77. The lowest BCUT2D eigenvalue weighted by Crippen LogP contribution is -2.55. The Kier molecular flexibility index (Phi) is 10.4. The van der Waals surface area contributed by atoms with Crippen LogP contribution in [-0.2, 0) is 4.79 Å². The molecular weight excluding hydrogens is 393 g/mol.